The lowest BCUT2D eigenvalue weighted by molar-refractivity contribution is -0.139. The molecule has 0 saturated carbocycles. The topological polar surface area (TPSA) is 42.5 Å². The van der Waals surface area contributed by atoms with Gasteiger partial charge >= 0.3 is 0 Å². The Hall–Kier alpha value is -0.160. The van der Waals surface area contributed by atoms with E-state index in [0.717, 1.165) is 32.7 Å². The van der Waals surface area contributed by atoms with Crippen LogP contribution < -0.4 is 10.6 Å². The zero-order valence-corrected chi connectivity index (χ0v) is 9.01. The van der Waals surface area contributed by atoms with Crippen LogP contribution in [0.3, 0.4) is 0 Å². The molecule has 2 fully saturated rings. The lowest BCUT2D eigenvalue weighted by Gasteiger charge is -2.26. The van der Waals surface area contributed by atoms with Crippen molar-refractivity contribution in [2.24, 2.45) is 0 Å². The molecule has 2 saturated heterocycles. The third-order valence-electron chi connectivity index (χ3n) is 2.74. The van der Waals surface area contributed by atoms with E-state index in [1.54, 1.807) is 0 Å². The van der Waals surface area contributed by atoms with Crippen LogP contribution in [0.2, 0.25) is 0 Å². The first kappa shape index (κ1) is 10.4. The Bertz CT molecular complexity index is 191. The van der Waals surface area contributed by atoms with Crippen LogP contribution in [-0.4, -0.2) is 44.2 Å². The van der Waals surface area contributed by atoms with E-state index in [0.29, 0.717) is 6.04 Å². The molecular formula is C10H20N2O2. The predicted molar refractivity (Wildman–Crippen MR) is 54.2 cm³/mol. The van der Waals surface area contributed by atoms with Gasteiger partial charge in [-0.3, -0.25) is 0 Å². The van der Waals surface area contributed by atoms with E-state index in [1.165, 1.54) is 0 Å². The van der Waals surface area contributed by atoms with Crippen molar-refractivity contribution in [1.29, 1.82) is 0 Å². The minimum absolute atomic E-state index is 0.252. The third-order valence-corrected chi connectivity index (χ3v) is 2.74. The summed E-state index contributed by atoms with van der Waals surface area (Å²) in [6.45, 7) is 7.84. The fourth-order valence-electron chi connectivity index (χ4n) is 2.08. The first-order chi connectivity index (χ1) is 6.66. The van der Waals surface area contributed by atoms with Gasteiger partial charge in [0, 0.05) is 25.7 Å². The summed E-state index contributed by atoms with van der Waals surface area (Å²) in [7, 11) is 0. The normalized spacial score (nSPS) is 37.3. The second-order valence-electron chi connectivity index (χ2n) is 4.54. The molecule has 2 heterocycles. The molecular weight excluding hydrogens is 180 g/mol. The summed E-state index contributed by atoms with van der Waals surface area (Å²) in [4.78, 5) is 0. The van der Waals surface area contributed by atoms with Crippen LogP contribution in [0.1, 0.15) is 20.3 Å². The van der Waals surface area contributed by atoms with Gasteiger partial charge in [-0.1, -0.05) is 0 Å². The van der Waals surface area contributed by atoms with Gasteiger partial charge in [0.25, 0.3) is 0 Å². The molecule has 82 valence electrons. The van der Waals surface area contributed by atoms with Crippen molar-refractivity contribution in [2.75, 3.05) is 26.2 Å². The molecule has 4 nitrogen and oxygen atoms in total. The largest absolute Gasteiger partial charge is 0.348 e. The summed E-state index contributed by atoms with van der Waals surface area (Å²) in [5.41, 5.74) is 0. The van der Waals surface area contributed by atoms with Gasteiger partial charge in [0.05, 0.1) is 12.7 Å². The molecule has 2 rings (SSSR count). The molecule has 2 atom stereocenters. The molecule has 2 aliphatic heterocycles. The van der Waals surface area contributed by atoms with Gasteiger partial charge in [0.2, 0.25) is 0 Å². The number of nitrogens with one attached hydrogen (secondary N) is 2. The van der Waals surface area contributed by atoms with Crippen LogP contribution in [-0.2, 0) is 9.47 Å². The minimum atomic E-state index is -0.382. The average molecular weight is 200 g/mol. The summed E-state index contributed by atoms with van der Waals surface area (Å²) in [5, 5.41) is 6.85. The van der Waals surface area contributed by atoms with Gasteiger partial charge < -0.3 is 20.1 Å². The average Bonchev–Trinajstić information content (AvgIpc) is 2.47. The number of hydrogen-bond donors (Lipinski definition) is 2. The monoisotopic (exact) mass is 200 g/mol. The van der Waals surface area contributed by atoms with Crippen LogP contribution in [0.4, 0.5) is 0 Å². The van der Waals surface area contributed by atoms with Crippen molar-refractivity contribution in [3.63, 3.8) is 0 Å². The van der Waals surface area contributed by atoms with Gasteiger partial charge in [-0.2, -0.15) is 0 Å². The standard InChI is InChI=1S/C10H20N2O2/c1-10(2)13-7-9(14-10)5-8-6-11-3-4-12-8/h8-9,11-12H,3-7H2,1-2H3/t8?,9-/m0/s1. The van der Waals surface area contributed by atoms with Gasteiger partial charge in [-0.15, -0.1) is 0 Å². The number of piperazine rings is 1. The van der Waals surface area contributed by atoms with E-state index in [-0.39, 0.29) is 11.9 Å². The van der Waals surface area contributed by atoms with Crippen molar-refractivity contribution in [2.45, 2.75) is 38.2 Å². The van der Waals surface area contributed by atoms with Crippen molar-refractivity contribution >= 4 is 0 Å². The van der Waals surface area contributed by atoms with E-state index in [2.05, 4.69) is 10.6 Å². The molecule has 0 aromatic carbocycles. The first-order valence-electron chi connectivity index (χ1n) is 5.41. The van der Waals surface area contributed by atoms with Gasteiger partial charge in [-0.25, -0.2) is 0 Å². The van der Waals surface area contributed by atoms with Crippen LogP contribution >= 0.6 is 0 Å². The van der Waals surface area contributed by atoms with Crippen LogP contribution in [0.25, 0.3) is 0 Å². The smallest absolute Gasteiger partial charge is 0.163 e. The van der Waals surface area contributed by atoms with E-state index < -0.39 is 0 Å². The molecule has 0 amide bonds. The minimum Gasteiger partial charge on any atom is -0.348 e. The van der Waals surface area contributed by atoms with Crippen molar-refractivity contribution in [3.8, 4) is 0 Å². The molecule has 0 bridgehead atoms. The summed E-state index contributed by atoms with van der Waals surface area (Å²) < 4.78 is 11.3. The Balaban J connectivity index is 1.75. The van der Waals surface area contributed by atoms with Gasteiger partial charge in [0.15, 0.2) is 5.79 Å². The highest BCUT2D eigenvalue weighted by molar-refractivity contribution is 4.81. The summed E-state index contributed by atoms with van der Waals surface area (Å²) >= 11 is 0. The molecule has 14 heavy (non-hydrogen) atoms. The Kier molecular flexibility index (Phi) is 3.07. The molecule has 2 aliphatic rings. The molecule has 0 aromatic rings. The van der Waals surface area contributed by atoms with Gasteiger partial charge in [-0.05, 0) is 20.3 Å². The Morgan fingerprint density at radius 2 is 2.21 bits per heavy atom. The first-order valence-corrected chi connectivity index (χ1v) is 5.41. The second-order valence-corrected chi connectivity index (χ2v) is 4.54. The Morgan fingerprint density at radius 1 is 1.36 bits per heavy atom. The van der Waals surface area contributed by atoms with E-state index in [9.17, 15) is 0 Å². The maximum atomic E-state index is 5.76. The number of hydrogen-bond acceptors (Lipinski definition) is 4. The predicted octanol–water partition coefficient (Wildman–Crippen LogP) is 0.0894. The second kappa shape index (κ2) is 4.14. The highest BCUT2D eigenvalue weighted by Gasteiger charge is 2.33. The lowest BCUT2D eigenvalue weighted by Crippen LogP contribution is -2.49. The van der Waals surface area contributed by atoms with Crippen molar-refractivity contribution in [3.05, 3.63) is 0 Å². The van der Waals surface area contributed by atoms with E-state index >= 15 is 0 Å². The SMILES string of the molecule is CC1(C)OC[C@H](CC2CNCCN2)O1. The maximum Gasteiger partial charge on any atom is 0.163 e. The molecule has 0 spiro atoms. The molecule has 2 N–H and O–H groups in total. The molecule has 0 aromatic heterocycles. The van der Waals surface area contributed by atoms with Crippen molar-refractivity contribution < 1.29 is 9.47 Å². The van der Waals surface area contributed by atoms with E-state index in [4.69, 9.17) is 9.47 Å². The Labute approximate surface area is 85.3 Å². The molecule has 0 radical (unpaired) electrons. The Morgan fingerprint density at radius 3 is 2.79 bits per heavy atom. The molecule has 1 unspecified atom stereocenters. The summed E-state index contributed by atoms with van der Waals surface area (Å²) in [6.07, 6.45) is 1.29. The van der Waals surface area contributed by atoms with Crippen molar-refractivity contribution in [1.82, 2.24) is 10.6 Å². The van der Waals surface area contributed by atoms with Crippen LogP contribution in [0.5, 0.6) is 0 Å². The number of rotatable bonds is 2. The highest BCUT2D eigenvalue weighted by atomic mass is 16.7. The van der Waals surface area contributed by atoms with Gasteiger partial charge in [0.1, 0.15) is 0 Å². The highest BCUT2D eigenvalue weighted by Crippen LogP contribution is 2.24. The van der Waals surface area contributed by atoms with Crippen LogP contribution in [0, 0.1) is 0 Å². The van der Waals surface area contributed by atoms with Crippen LogP contribution in [0.15, 0.2) is 0 Å². The zero-order valence-electron chi connectivity index (χ0n) is 9.01. The molecule has 0 aliphatic carbocycles. The third kappa shape index (κ3) is 2.67. The summed E-state index contributed by atoms with van der Waals surface area (Å²) in [5.74, 6) is -0.382. The number of ether oxygens (including phenoxy) is 2. The quantitative estimate of drug-likeness (QED) is 0.663. The maximum absolute atomic E-state index is 5.76. The fourth-order valence-corrected chi connectivity index (χ4v) is 2.08. The summed E-state index contributed by atoms with van der Waals surface area (Å²) in [6, 6.07) is 0.534. The lowest BCUT2D eigenvalue weighted by atomic mass is 10.1. The fraction of sp³-hybridized carbons (Fsp3) is 1.00. The van der Waals surface area contributed by atoms with E-state index in [1.807, 2.05) is 13.8 Å². The molecule has 4 heteroatoms. The zero-order chi connectivity index (χ0) is 10.0.